The van der Waals surface area contributed by atoms with E-state index >= 15 is 0 Å². The molecule has 3 rings (SSSR count). The molecule has 1 aliphatic heterocycles. The number of carbonyl (C=O) groups is 1. The van der Waals surface area contributed by atoms with Gasteiger partial charge in [0.05, 0.1) is 36.0 Å². The molecule has 2 aromatic rings. The molecule has 3 atom stereocenters. The minimum atomic E-state index is -0.859. The number of halogens is 2. The third-order valence-corrected chi connectivity index (χ3v) is 7.09. The Hall–Kier alpha value is -1.83. The molecule has 0 bridgehead atoms. The second-order valence-electron chi connectivity index (χ2n) is 8.79. The van der Waals surface area contributed by atoms with E-state index < -0.39 is 12.1 Å². The van der Waals surface area contributed by atoms with Gasteiger partial charge in [-0.15, -0.1) is 0 Å². The lowest BCUT2D eigenvalue weighted by molar-refractivity contribution is -0.136. The molecule has 8 heteroatoms. The summed E-state index contributed by atoms with van der Waals surface area (Å²) in [5.41, 5.74) is 2.85. The van der Waals surface area contributed by atoms with Crippen LogP contribution in [0.2, 0.25) is 10.0 Å². The van der Waals surface area contributed by atoms with Crippen LogP contribution >= 0.6 is 23.2 Å². The van der Waals surface area contributed by atoms with Gasteiger partial charge in [0, 0.05) is 24.6 Å². The molecule has 0 unspecified atom stereocenters. The molecule has 0 spiro atoms. The highest BCUT2D eigenvalue weighted by atomic mass is 35.5. The first-order valence-corrected chi connectivity index (χ1v) is 12.4. The second kappa shape index (κ2) is 12.8. The fourth-order valence-corrected chi connectivity index (χ4v) is 4.95. The van der Waals surface area contributed by atoms with Crippen LogP contribution in [0.5, 0.6) is 5.75 Å². The lowest BCUT2D eigenvalue weighted by Crippen LogP contribution is -2.39. The normalized spacial score (nSPS) is 18.1. The van der Waals surface area contributed by atoms with Gasteiger partial charge in [-0.25, -0.2) is 0 Å². The van der Waals surface area contributed by atoms with Crippen molar-refractivity contribution in [1.82, 2.24) is 4.90 Å². The van der Waals surface area contributed by atoms with E-state index in [2.05, 4.69) is 4.90 Å². The van der Waals surface area contributed by atoms with Gasteiger partial charge in [0.1, 0.15) is 5.75 Å². The number of benzene rings is 2. The van der Waals surface area contributed by atoms with E-state index in [-0.39, 0.29) is 19.1 Å². The zero-order valence-corrected chi connectivity index (χ0v) is 21.2. The fraction of sp³-hybridized carbons (Fsp3) is 0.500. The maximum absolute atomic E-state index is 11.1. The largest absolute Gasteiger partial charge is 0.496 e. The van der Waals surface area contributed by atoms with Gasteiger partial charge in [0.25, 0.3) is 0 Å². The third-order valence-electron chi connectivity index (χ3n) is 6.35. The average molecular weight is 510 g/mol. The fourth-order valence-electron chi connectivity index (χ4n) is 4.63. The lowest BCUT2D eigenvalue weighted by atomic mass is 9.98. The minimum Gasteiger partial charge on any atom is -0.496 e. The van der Waals surface area contributed by atoms with Gasteiger partial charge in [0.2, 0.25) is 0 Å². The Morgan fingerprint density at radius 3 is 2.74 bits per heavy atom. The van der Waals surface area contributed by atoms with E-state index in [1.54, 1.807) is 7.11 Å². The molecule has 1 fully saturated rings. The summed E-state index contributed by atoms with van der Waals surface area (Å²) in [7, 11) is 1.57. The van der Waals surface area contributed by atoms with Crippen molar-refractivity contribution in [1.29, 1.82) is 0 Å². The van der Waals surface area contributed by atoms with Crippen LogP contribution in [0.15, 0.2) is 36.4 Å². The predicted molar refractivity (Wildman–Crippen MR) is 134 cm³/mol. The van der Waals surface area contributed by atoms with Crippen LogP contribution in [-0.4, -0.2) is 60.0 Å². The predicted octanol–water partition coefficient (Wildman–Crippen LogP) is 5.16. The number of carboxylic acid groups (broad SMARTS) is 1. The molecule has 1 saturated heterocycles. The van der Waals surface area contributed by atoms with Crippen LogP contribution < -0.4 is 4.74 Å². The van der Waals surface area contributed by atoms with Gasteiger partial charge < -0.3 is 19.7 Å². The Morgan fingerprint density at radius 1 is 1.24 bits per heavy atom. The molecule has 0 saturated carbocycles. The first-order valence-electron chi connectivity index (χ1n) is 11.6. The number of aliphatic hydroxyl groups excluding tert-OH is 1. The van der Waals surface area contributed by atoms with Crippen molar-refractivity contribution in [2.45, 2.75) is 57.3 Å². The molecule has 6 nitrogen and oxygen atoms in total. The number of likely N-dealkylation sites (tertiary alicyclic amines) is 1. The van der Waals surface area contributed by atoms with Crippen molar-refractivity contribution in [3.05, 3.63) is 63.1 Å². The van der Waals surface area contributed by atoms with Gasteiger partial charge in [-0.3, -0.25) is 9.69 Å². The number of aliphatic hydroxyl groups is 1. The Labute approximate surface area is 211 Å². The minimum absolute atomic E-state index is 0.0118. The lowest BCUT2D eigenvalue weighted by Gasteiger charge is -2.28. The van der Waals surface area contributed by atoms with E-state index in [0.717, 1.165) is 42.5 Å². The molecule has 2 aromatic carbocycles. The van der Waals surface area contributed by atoms with Gasteiger partial charge in [0.15, 0.2) is 0 Å². The van der Waals surface area contributed by atoms with Crippen molar-refractivity contribution in [2.75, 3.05) is 26.8 Å². The Kier molecular flexibility index (Phi) is 10.0. The zero-order valence-electron chi connectivity index (χ0n) is 19.7. The number of methoxy groups -OCH3 is 1. The third kappa shape index (κ3) is 7.33. The highest BCUT2D eigenvalue weighted by molar-refractivity contribution is 6.42. The molecule has 2 N–H and O–H groups in total. The maximum atomic E-state index is 11.1. The average Bonchev–Trinajstić information content (AvgIpc) is 3.24. The summed E-state index contributed by atoms with van der Waals surface area (Å²) in [6.45, 7) is 3.57. The molecule has 0 aromatic heterocycles. The van der Waals surface area contributed by atoms with E-state index in [4.69, 9.17) is 37.8 Å². The van der Waals surface area contributed by atoms with Gasteiger partial charge in [-0.05, 0) is 68.5 Å². The first kappa shape index (κ1) is 26.8. The summed E-state index contributed by atoms with van der Waals surface area (Å²) in [5.74, 6) is -0.209. The summed E-state index contributed by atoms with van der Waals surface area (Å²) < 4.78 is 11.5. The number of β-amino-alcohol motifs (C(OH)–C–C–N with tert-alkyl or cyclic N) is 1. The van der Waals surface area contributed by atoms with Crippen molar-refractivity contribution in [3.8, 4) is 5.75 Å². The molecular formula is C26H33Cl2NO5. The van der Waals surface area contributed by atoms with Crippen molar-refractivity contribution >= 4 is 29.2 Å². The molecule has 0 aliphatic carbocycles. The standard InChI is InChI=1S/C26H33Cl2NO5/c1-17(21-6-3-7-25(33-2)22(21)9-11-26(31)32)34-16-20(30)15-29-12-4-5-19(29)13-18-8-10-23(27)24(28)14-18/h3,6-8,10,14,17,19-20,30H,4-5,9,11-13,15-16H2,1-2H3,(H,31,32)/t17-,19+,20-/m1/s1. The molecule has 0 radical (unpaired) electrons. The number of nitrogens with zero attached hydrogens (tertiary/aromatic N) is 1. The van der Waals surface area contributed by atoms with Crippen LogP contribution in [0.3, 0.4) is 0 Å². The van der Waals surface area contributed by atoms with Crippen molar-refractivity contribution < 1.29 is 24.5 Å². The van der Waals surface area contributed by atoms with Gasteiger partial charge in [-0.1, -0.05) is 41.4 Å². The SMILES string of the molecule is COc1cccc([C@@H](C)OC[C@H](O)CN2CCC[C@H]2Cc2ccc(Cl)c(Cl)c2)c1CCC(=O)O. The van der Waals surface area contributed by atoms with E-state index in [0.29, 0.717) is 34.8 Å². The van der Waals surface area contributed by atoms with E-state index in [9.17, 15) is 9.90 Å². The van der Waals surface area contributed by atoms with Crippen LogP contribution in [0.1, 0.15) is 49.0 Å². The summed E-state index contributed by atoms with van der Waals surface area (Å²) in [6, 6.07) is 11.7. The molecule has 1 aliphatic rings. The summed E-state index contributed by atoms with van der Waals surface area (Å²) in [6.07, 6.45) is 2.45. The van der Waals surface area contributed by atoms with Gasteiger partial charge >= 0.3 is 5.97 Å². The number of aliphatic carboxylic acids is 1. The number of hydrogen-bond donors (Lipinski definition) is 2. The summed E-state index contributed by atoms with van der Waals surface area (Å²) >= 11 is 12.2. The van der Waals surface area contributed by atoms with Crippen LogP contribution in [0.25, 0.3) is 0 Å². The Morgan fingerprint density at radius 2 is 2.03 bits per heavy atom. The van der Waals surface area contributed by atoms with E-state index in [1.807, 2.05) is 43.3 Å². The summed E-state index contributed by atoms with van der Waals surface area (Å²) in [5, 5.41) is 20.9. The molecule has 186 valence electrons. The maximum Gasteiger partial charge on any atom is 0.303 e. The monoisotopic (exact) mass is 509 g/mol. The van der Waals surface area contributed by atoms with Crippen LogP contribution in [0.4, 0.5) is 0 Å². The van der Waals surface area contributed by atoms with Crippen LogP contribution in [0, 0.1) is 0 Å². The molecule has 0 amide bonds. The first-order chi connectivity index (χ1) is 16.3. The second-order valence-corrected chi connectivity index (χ2v) is 9.61. The Bertz CT molecular complexity index is 970. The Balaban J connectivity index is 1.56. The number of rotatable bonds is 12. The van der Waals surface area contributed by atoms with Crippen LogP contribution in [-0.2, 0) is 22.4 Å². The number of carboxylic acids is 1. The van der Waals surface area contributed by atoms with Crippen molar-refractivity contribution in [3.63, 3.8) is 0 Å². The topological polar surface area (TPSA) is 79.2 Å². The highest BCUT2D eigenvalue weighted by Gasteiger charge is 2.27. The summed E-state index contributed by atoms with van der Waals surface area (Å²) in [4.78, 5) is 13.4. The molecule has 1 heterocycles. The smallest absolute Gasteiger partial charge is 0.303 e. The number of hydrogen-bond acceptors (Lipinski definition) is 5. The zero-order chi connectivity index (χ0) is 24.7. The van der Waals surface area contributed by atoms with E-state index in [1.165, 1.54) is 0 Å². The molecule has 34 heavy (non-hydrogen) atoms. The van der Waals surface area contributed by atoms with Gasteiger partial charge in [-0.2, -0.15) is 0 Å². The number of ether oxygens (including phenoxy) is 2. The highest BCUT2D eigenvalue weighted by Crippen LogP contribution is 2.30. The quantitative estimate of drug-likeness (QED) is 0.411. The van der Waals surface area contributed by atoms with Crippen molar-refractivity contribution in [2.24, 2.45) is 0 Å². The molecular weight excluding hydrogens is 477 g/mol.